The van der Waals surface area contributed by atoms with Gasteiger partial charge in [-0.05, 0) is 26.7 Å². The zero-order chi connectivity index (χ0) is 16.0. The second-order valence-electron chi connectivity index (χ2n) is 6.21. The van der Waals surface area contributed by atoms with Gasteiger partial charge in [0.15, 0.2) is 17.6 Å². The van der Waals surface area contributed by atoms with Crippen molar-refractivity contribution in [1.82, 2.24) is 20.2 Å². The van der Waals surface area contributed by atoms with Crippen LogP contribution in [-0.4, -0.2) is 45.3 Å². The summed E-state index contributed by atoms with van der Waals surface area (Å²) in [5.74, 6) is 2.02. The van der Waals surface area contributed by atoms with E-state index in [0.29, 0.717) is 36.4 Å². The van der Waals surface area contributed by atoms with Crippen LogP contribution in [-0.2, 0) is 4.74 Å². The molecule has 2 fully saturated rings. The minimum Gasteiger partial charge on any atom is -0.362 e. The third-order valence-corrected chi connectivity index (χ3v) is 4.09. The molecule has 8 nitrogen and oxygen atoms in total. The molecule has 0 N–H and O–H groups in total. The van der Waals surface area contributed by atoms with Crippen molar-refractivity contribution in [1.29, 1.82) is 0 Å². The molecule has 0 spiro atoms. The van der Waals surface area contributed by atoms with Crippen LogP contribution in [0.5, 0.6) is 0 Å². The van der Waals surface area contributed by atoms with Gasteiger partial charge < -0.3 is 18.7 Å². The van der Waals surface area contributed by atoms with Gasteiger partial charge in [-0.1, -0.05) is 10.3 Å². The molecule has 1 aliphatic carbocycles. The number of carbonyl (C=O) groups is 1. The largest absolute Gasteiger partial charge is 0.362 e. The SMILES string of the molecule is Cc1noc([C@H]2CN(C(=O)c3cc(C4CC4)on3)C[C@@H](C)O2)n1. The molecule has 1 saturated heterocycles. The molecule has 3 heterocycles. The van der Waals surface area contributed by atoms with Gasteiger partial charge in [-0.15, -0.1) is 0 Å². The highest BCUT2D eigenvalue weighted by Crippen LogP contribution is 2.40. The number of amides is 1. The Morgan fingerprint density at radius 1 is 1.26 bits per heavy atom. The number of hydrogen-bond donors (Lipinski definition) is 0. The lowest BCUT2D eigenvalue weighted by molar-refractivity contribution is -0.0811. The van der Waals surface area contributed by atoms with Crippen molar-refractivity contribution in [2.75, 3.05) is 13.1 Å². The second-order valence-corrected chi connectivity index (χ2v) is 6.21. The van der Waals surface area contributed by atoms with Crippen LogP contribution < -0.4 is 0 Å². The molecule has 1 amide bonds. The molecule has 1 saturated carbocycles. The first-order chi connectivity index (χ1) is 11.1. The first-order valence-corrected chi connectivity index (χ1v) is 7.81. The monoisotopic (exact) mass is 318 g/mol. The van der Waals surface area contributed by atoms with Crippen LogP contribution in [0.1, 0.15) is 59.8 Å². The molecule has 0 aromatic carbocycles. The Hall–Kier alpha value is -2.22. The predicted octanol–water partition coefficient (Wildman–Crippen LogP) is 1.85. The van der Waals surface area contributed by atoms with Crippen LogP contribution in [0.4, 0.5) is 0 Å². The van der Waals surface area contributed by atoms with Crippen molar-refractivity contribution in [3.8, 4) is 0 Å². The second kappa shape index (κ2) is 5.45. The minimum absolute atomic E-state index is 0.125. The summed E-state index contributed by atoms with van der Waals surface area (Å²) >= 11 is 0. The number of nitrogens with zero attached hydrogens (tertiary/aromatic N) is 4. The summed E-state index contributed by atoms with van der Waals surface area (Å²) in [7, 11) is 0. The van der Waals surface area contributed by atoms with Gasteiger partial charge in [-0.3, -0.25) is 4.79 Å². The van der Waals surface area contributed by atoms with Crippen LogP contribution >= 0.6 is 0 Å². The molecule has 2 aromatic heterocycles. The van der Waals surface area contributed by atoms with Gasteiger partial charge in [0.05, 0.1) is 12.6 Å². The van der Waals surface area contributed by atoms with E-state index in [1.165, 1.54) is 0 Å². The number of aryl methyl sites for hydroxylation is 1. The van der Waals surface area contributed by atoms with Gasteiger partial charge >= 0.3 is 0 Å². The fourth-order valence-corrected chi connectivity index (χ4v) is 2.81. The fourth-order valence-electron chi connectivity index (χ4n) is 2.81. The van der Waals surface area contributed by atoms with Crippen molar-refractivity contribution in [3.63, 3.8) is 0 Å². The number of carbonyl (C=O) groups excluding carboxylic acids is 1. The normalized spacial score (nSPS) is 24.9. The zero-order valence-electron chi connectivity index (χ0n) is 13.1. The summed E-state index contributed by atoms with van der Waals surface area (Å²) in [6.45, 7) is 4.51. The van der Waals surface area contributed by atoms with Gasteiger partial charge in [0, 0.05) is 18.5 Å². The minimum atomic E-state index is -0.418. The van der Waals surface area contributed by atoms with Crippen LogP contribution in [0.15, 0.2) is 15.1 Å². The summed E-state index contributed by atoms with van der Waals surface area (Å²) in [5, 5.41) is 7.70. The number of morpholine rings is 1. The van der Waals surface area contributed by atoms with E-state index < -0.39 is 6.10 Å². The van der Waals surface area contributed by atoms with Gasteiger partial charge in [-0.25, -0.2) is 0 Å². The quantitative estimate of drug-likeness (QED) is 0.852. The molecule has 122 valence electrons. The lowest BCUT2D eigenvalue weighted by Crippen LogP contribution is -2.46. The summed E-state index contributed by atoms with van der Waals surface area (Å²) in [6.07, 6.45) is 1.67. The first-order valence-electron chi connectivity index (χ1n) is 7.81. The summed E-state index contributed by atoms with van der Waals surface area (Å²) in [6, 6.07) is 1.76. The van der Waals surface area contributed by atoms with Crippen LogP contribution in [0.2, 0.25) is 0 Å². The number of rotatable bonds is 3. The third kappa shape index (κ3) is 2.86. The average Bonchev–Trinajstić information content (AvgIpc) is 3.10. The summed E-state index contributed by atoms with van der Waals surface area (Å²) in [4.78, 5) is 18.6. The fraction of sp³-hybridized carbons (Fsp3) is 0.600. The Balaban J connectivity index is 1.51. The number of aromatic nitrogens is 3. The maximum Gasteiger partial charge on any atom is 0.276 e. The van der Waals surface area contributed by atoms with Crippen molar-refractivity contribution in [3.05, 3.63) is 29.2 Å². The zero-order valence-corrected chi connectivity index (χ0v) is 13.1. The van der Waals surface area contributed by atoms with E-state index in [0.717, 1.165) is 18.6 Å². The van der Waals surface area contributed by atoms with Crippen LogP contribution in [0.25, 0.3) is 0 Å². The summed E-state index contributed by atoms with van der Waals surface area (Å²) in [5.41, 5.74) is 0.349. The molecule has 1 aliphatic heterocycles. The lowest BCUT2D eigenvalue weighted by atomic mass is 10.2. The molecule has 0 radical (unpaired) electrons. The van der Waals surface area contributed by atoms with E-state index in [9.17, 15) is 4.79 Å². The van der Waals surface area contributed by atoms with E-state index in [1.807, 2.05) is 6.92 Å². The first kappa shape index (κ1) is 14.4. The van der Waals surface area contributed by atoms with Crippen LogP contribution in [0.3, 0.4) is 0 Å². The maximum atomic E-state index is 12.7. The molecule has 0 unspecified atom stereocenters. The lowest BCUT2D eigenvalue weighted by Gasteiger charge is -2.34. The smallest absolute Gasteiger partial charge is 0.276 e. The number of ether oxygens (including phenoxy) is 1. The van der Waals surface area contributed by atoms with Gasteiger partial charge in [-0.2, -0.15) is 4.98 Å². The molecule has 8 heteroatoms. The molecule has 4 rings (SSSR count). The molecular formula is C15H18N4O4. The summed E-state index contributed by atoms with van der Waals surface area (Å²) < 4.78 is 16.3. The van der Waals surface area contributed by atoms with Crippen molar-refractivity contribution < 1.29 is 18.6 Å². The Labute approximate surface area is 132 Å². The van der Waals surface area contributed by atoms with Crippen molar-refractivity contribution in [2.45, 2.75) is 44.8 Å². The average molecular weight is 318 g/mol. The molecular weight excluding hydrogens is 300 g/mol. The van der Waals surface area contributed by atoms with Gasteiger partial charge in [0.2, 0.25) is 0 Å². The third-order valence-electron chi connectivity index (χ3n) is 4.09. The topological polar surface area (TPSA) is 94.5 Å². The maximum absolute atomic E-state index is 12.7. The Kier molecular flexibility index (Phi) is 3.41. The highest BCUT2D eigenvalue weighted by atomic mass is 16.5. The van der Waals surface area contributed by atoms with E-state index in [-0.39, 0.29) is 12.0 Å². The van der Waals surface area contributed by atoms with E-state index in [2.05, 4.69) is 15.3 Å². The van der Waals surface area contributed by atoms with Crippen molar-refractivity contribution in [2.24, 2.45) is 0 Å². The van der Waals surface area contributed by atoms with Crippen LogP contribution in [0, 0.1) is 6.92 Å². The highest BCUT2D eigenvalue weighted by molar-refractivity contribution is 5.92. The Bertz CT molecular complexity index is 721. The standard InChI is InChI=1S/C15H18N4O4/c1-8-6-19(7-13(21-8)14-16-9(2)17-23-14)15(20)11-5-12(22-18-11)10-3-4-10/h5,8,10,13H,3-4,6-7H2,1-2H3/t8-,13-/m1/s1. The molecule has 0 bridgehead atoms. The van der Waals surface area contributed by atoms with E-state index in [4.69, 9.17) is 13.8 Å². The Morgan fingerprint density at radius 2 is 2.09 bits per heavy atom. The molecule has 2 aliphatic rings. The predicted molar refractivity (Wildman–Crippen MR) is 76.7 cm³/mol. The van der Waals surface area contributed by atoms with E-state index in [1.54, 1.807) is 17.9 Å². The Morgan fingerprint density at radius 3 is 2.78 bits per heavy atom. The molecule has 2 atom stereocenters. The molecule has 23 heavy (non-hydrogen) atoms. The van der Waals surface area contributed by atoms with Gasteiger partial charge in [0.25, 0.3) is 11.8 Å². The van der Waals surface area contributed by atoms with Gasteiger partial charge in [0.1, 0.15) is 5.76 Å². The van der Waals surface area contributed by atoms with Crippen molar-refractivity contribution >= 4 is 5.91 Å². The highest BCUT2D eigenvalue weighted by Gasteiger charge is 2.35. The number of hydrogen-bond acceptors (Lipinski definition) is 7. The van der Waals surface area contributed by atoms with E-state index >= 15 is 0 Å². The molecule has 2 aromatic rings.